The average molecular weight is 343 g/mol. The van der Waals surface area contributed by atoms with E-state index in [9.17, 15) is 4.79 Å². The number of hydrogen-bond donors (Lipinski definition) is 1. The highest BCUT2D eigenvalue weighted by atomic mass is 16.2. The van der Waals surface area contributed by atoms with Gasteiger partial charge in [0.25, 0.3) is 0 Å². The Morgan fingerprint density at radius 1 is 1.04 bits per heavy atom. The molecule has 1 aromatic carbocycles. The number of carbonyl (C=O) groups excluding carboxylic acids is 1. The highest BCUT2D eigenvalue weighted by molar-refractivity contribution is 5.76. The van der Waals surface area contributed by atoms with Gasteiger partial charge in [-0.3, -0.25) is 4.79 Å². The summed E-state index contributed by atoms with van der Waals surface area (Å²) in [5, 5.41) is 3.41. The first kappa shape index (κ1) is 18.4. The molecule has 0 aromatic heterocycles. The second-order valence-corrected chi connectivity index (χ2v) is 7.90. The van der Waals surface area contributed by atoms with Gasteiger partial charge in [0.2, 0.25) is 5.91 Å². The molecule has 3 nitrogen and oxygen atoms in total. The molecular weight excluding hydrogens is 308 g/mol. The number of nitrogens with zero attached hydrogens (tertiary/aromatic N) is 1. The highest BCUT2D eigenvalue weighted by Gasteiger charge is 2.29. The molecule has 3 heteroatoms. The van der Waals surface area contributed by atoms with Crippen LogP contribution in [0.4, 0.5) is 0 Å². The minimum atomic E-state index is 0.414. The standard InChI is InChI=1S/C22H34N2O/c1-2-16-24(21-12-14-23-15-13-21)22(25)17-18-8-10-20(11-9-18)19-6-4-3-5-7-19/h3-7,18,20-21,23H,2,8-17H2,1H3. The van der Waals surface area contributed by atoms with Gasteiger partial charge in [0.05, 0.1) is 0 Å². The maximum atomic E-state index is 13.0. The predicted molar refractivity (Wildman–Crippen MR) is 104 cm³/mol. The van der Waals surface area contributed by atoms with Crippen molar-refractivity contribution < 1.29 is 4.79 Å². The molecule has 1 aliphatic heterocycles. The van der Waals surface area contributed by atoms with Crippen molar-refractivity contribution in [2.24, 2.45) is 5.92 Å². The van der Waals surface area contributed by atoms with Crippen molar-refractivity contribution in [1.82, 2.24) is 10.2 Å². The maximum absolute atomic E-state index is 13.0. The van der Waals surface area contributed by atoms with E-state index in [1.54, 1.807) is 0 Å². The third-order valence-corrected chi connectivity index (χ3v) is 6.12. The maximum Gasteiger partial charge on any atom is 0.223 e. The van der Waals surface area contributed by atoms with Gasteiger partial charge in [0.15, 0.2) is 0 Å². The number of hydrogen-bond acceptors (Lipinski definition) is 2. The molecule has 3 rings (SSSR count). The topological polar surface area (TPSA) is 32.3 Å². The first-order valence-electron chi connectivity index (χ1n) is 10.3. The highest BCUT2D eigenvalue weighted by Crippen LogP contribution is 2.37. The van der Waals surface area contributed by atoms with E-state index in [1.807, 2.05) is 0 Å². The van der Waals surface area contributed by atoms with Crippen LogP contribution >= 0.6 is 0 Å². The molecular formula is C22H34N2O. The Morgan fingerprint density at radius 3 is 2.36 bits per heavy atom. The zero-order valence-electron chi connectivity index (χ0n) is 15.8. The normalized spacial score (nSPS) is 24.8. The van der Waals surface area contributed by atoms with Gasteiger partial charge in [0.1, 0.15) is 0 Å². The lowest BCUT2D eigenvalue weighted by molar-refractivity contribution is -0.135. The van der Waals surface area contributed by atoms with Gasteiger partial charge in [-0.2, -0.15) is 0 Å². The first-order valence-corrected chi connectivity index (χ1v) is 10.3. The van der Waals surface area contributed by atoms with Crippen LogP contribution in [0.15, 0.2) is 30.3 Å². The van der Waals surface area contributed by atoms with E-state index < -0.39 is 0 Å². The molecule has 1 heterocycles. The van der Waals surface area contributed by atoms with E-state index in [-0.39, 0.29) is 0 Å². The Hall–Kier alpha value is -1.35. The molecule has 1 saturated carbocycles. The van der Waals surface area contributed by atoms with Crippen molar-refractivity contribution >= 4 is 5.91 Å². The molecule has 1 saturated heterocycles. The van der Waals surface area contributed by atoms with Crippen LogP contribution in [0.1, 0.15) is 69.8 Å². The molecule has 0 atom stereocenters. The quantitative estimate of drug-likeness (QED) is 0.834. The summed E-state index contributed by atoms with van der Waals surface area (Å²) in [6.07, 6.45) is 8.96. The minimum Gasteiger partial charge on any atom is -0.340 e. The van der Waals surface area contributed by atoms with E-state index in [4.69, 9.17) is 0 Å². The lowest BCUT2D eigenvalue weighted by Gasteiger charge is -2.36. The Bertz CT molecular complexity index is 516. The Labute approximate surface area is 153 Å². The van der Waals surface area contributed by atoms with Gasteiger partial charge in [-0.25, -0.2) is 0 Å². The Morgan fingerprint density at radius 2 is 1.72 bits per heavy atom. The molecule has 0 spiro atoms. The molecule has 0 unspecified atom stereocenters. The lowest BCUT2D eigenvalue weighted by atomic mass is 9.77. The van der Waals surface area contributed by atoms with Crippen LogP contribution in [0, 0.1) is 5.92 Å². The fourth-order valence-electron chi connectivity index (χ4n) is 4.66. The van der Waals surface area contributed by atoms with Crippen LogP contribution in [-0.4, -0.2) is 36.5 Å². The molecule has 2 aliphatic rings. The SMILES string of the molecule is CCCN(C(=O)CC1CCC(c2ccccc2)CC1)C1CCNCC1. The molecule has 0 bridgehead atoms. The molecule has 2 fully saturated rings. The fourth-order valence-corrected chi connectivity index (χ4v) is 4.66. The summed E-state index contributed by atoms with van der Waals surface area (Å²) in [6, 6.07) is 11.4. The number of amides is 1. The predicted octanol–water partition coefficient (Wildman–Crippen LogP) is 4.34. The van der Waals surface area contributed by atoms with E-state index in [0.29, 0.717) is 23.8 Å². The minimum absolute atomic E-state index is 0.414. The van der Waals surface area contributed by atoms with Gasteiger partial charge < -0.3 is 10.2 Å². The lowest BCUT2D eigenvalue weighted by Crippen LogP contribution is -2.47. The van der Waals surface area contributed by atoms with Crippen molar-refractivity contribution in [1.29, 1.82) is 0 Å². The number of piperidine rings is 1. The molecule has 1 N–H and O–H groups in total. The number of nitrogens with one attached hydrogen (secondary N) is 1. The van der Waals surface area contributed by atoms with Gasteiger partial charge >= 0.3 is 0 Å². The molecule has 0 radical (unpaired) electrons. The molecule has 1 amide bonds. The molecule has 1 aliphatic carbocycles. The van der Waals surface area contributed by atoms with Crippen molar-refractivity contribution in [3.05, 3.63) is 35.9 Å². The number of benzene rings is 1. The average Bonchev–Trinajstić information content (AvgIpc) is 2.68. The van der Waals surface area contributed by atoms with Gasteiger partial charge in [-0.05, 0) is 75.4 Å². The fraction of sp³-hybridized carbons (Fsp3) is 0.682. The Balaban J connectivity index is 1.50. The van der Waals surface area contributed by atoms with E-state index >= 15 is 0 Å². The largest absolute Gasteiger partial charge is 0.340 e. The van der Waals surface area contributed by atoms with E-state index in [1.165, 1.54) is 31.2 Å². The third-order valence-electron chi connectivity index (χ3n) is 6.12. The molecule has 138 valence electrons. The van der Waals surface area contributed by atoms with Crippen LogP contribution in [0.2, 0.25) is 0 Å². The smallest absolute Gasteiger partial charge is 0.223 e. The Kier molecular flexibility index (Phi) is 6.92. The van der Waals surface area contributed by atoms with E-state index in [0.717, 1.165) is 45.3 Å². The summed E-state index contributed by atoms with van der Waals surface area (Å²) < 4.78 is 0. The van der Waals surface area contributed by atoms with Crippen molar-refractivity contribution in [3.63, 3.8) is 0 Å². The van der Waals surface area contributed by atoms with Crippen LogP contribution in [0.3, 0.4) is 0 Å². The summed E-state index contributed by atoms with van der Waals surface area (Å²) in [5.41, 5.74) is 1.48. The van der Waals surface area contributed by atoms with Gasteiger partial charge in [-0.1, -0.05) is 37.3 Å². The number of carbonyl (C=O) groups is 1. The summed E-state index contributed by atoms with van der Waals surface area (Å²) >= 11 is 0. The zero-order chi connectivity index (χ0) is 17.5. The summed E-state index contributed by atoms with van der Waals surface area (Å²) in [5.74, 6) is 1.70. The monoisotopic (exact) mass is 342 g/mol. The summed E-state index contributed by atoms with van der Waals surface area (Å²) in [4.78, 5) is 15.2. The van der Waals surface area contributed by atoms with Crippen molar-refractivity contribution in [2.75, 3.05) is 19.6 Å². The van der Waals surface area contributed by atoms with Crippen LogP contribution < -0.4 is 5.32 Å². The van der Waals surface area contributed by atoms with Crippen LogP contribution in [0.5, 0.6) is 0 Å². The molecule has 25 heavy (non-hydrogen) atoms. The van der Waals surface area contributed by atoms with Gasteiger partial charge in [-0.15, -0.1) is 0 Å². The second-order valence-electron chi connectivity index (χ2n) is 7.90. The van der Waals surface area contributed by atoms with Crippen LogP contribution in [0.25, 0.3) is 0 Å². The summed E-state index contributed by atoms with van der Waals surface area (Å²) in [7, 11) is 0. The third kappa shape index (κ3) is 5.07. The zero-order valence-corrected chi connectivity index (χ0v) is 15.8. The van der Waals surface area contributed by atoms with Gasteiger partial charge in [0, 0.05) is 19.0 Å². The molecule has 1 aromatic rings. The summed E-state index contributed by atoms with van der Waals surface area (Å²) in [6.45, 7) is 5.23. The van der Waals surface area contributed by atoms with Crippen molar-refractivity contribution in [2.45, 2.75) is 70.3 Å². The number of rotatable bonds is 6. The second kappa shape index (κ2) is 9.38. The van der Waals surface area contributed by atoms with Crippen LogP contribution in [-0.2, 0) is 4.79 Å². The van der Waals surface area contributed by atoms with E-state index in [2.05, 4.69) is 47.5 Å². The first-order chi connectivity index (χ1) is 12.3. The van der Waals surface area contributed by atoms with Crippen molar-refractivity contribution in [3.8, 4) is 0 Å².